The number of carbonyl (C=O) groups excluding carboxylic acids is 2. The zero-order valence-electron chi connectivity index (χ0n) is 15.6. The summed E-state index contributed by atoms with van der Waals surface area (Å²) in [5.74, 6) is 1.09. The number of aromatic nitrogens is 2. The number of amides is 2. The number of nitrogens with zero attached hydrogens (tertiary/aromatic N) is 3. The number of benzene rings is 1. The van der Waals surface area contributed by atoms with Gasteiger partial charge >= 0.3 is 0 Å². The molecule has 148 valence electrons. The minimum absolute atomic E-state index is 0.0750. The molecular weight excluding hydrogens is 380 g/mol. The molecule has 0 aliphatic carbocycles. The largest absolute Gasteiger partial charge is 0.454 e. The Morgan fingerprint density at radius 2 is 2.14 bits per heavy atom. The van der Waals surface area contributed by atoms with Crippen molar-refractivity contribution in [2.45, 2.75) is 45.1 Å². The molecule has 0 saturated carbocycles. The van der Waals surface area contributed by atoms with E-state index in [0.717, 1.165) is 37.2 Å². The van der Waals surface area contributed by atoms with Gasteiger partial charge in [0.25, 0.3) is 5.91 Å². The molecule has 1 aromatic heterocycles. The number of unbranched alkanes of at least 4 members (excludes halogenated alkanes) is 1. The lowest BCUT2D eigenvalue weighted by Gasteiger charge is -2.22. The molecule has 1 N–H and O–H groups in total. The van der Waals surface area contributed by atoms with Crippen LogP contribution in [0.25, 0.3) is 0 Å². The fourth-order valence-corrected chi connectivity index (χ4v) is 4.30. The van der Waals surface area contributed by atoms with Crippen molar-refractivity contribution in [3.63, 3.8) is 0 Å². The van der Waals surface area contributed by atoms with E-state index in [1.54, 1.807) is 18.2 Å². The maximum atomic E-state index is 12.5. The topological polar surface area (TPSA) is 93.7 Å². The van der Waals surface area contributed by atoms with E-state index in [1.807, 2.05) is 4.90 Å². The van der Waals surface area contributed by atoms with Crippen molar-refractivity contribution in [3.8, 4) is 11.5 Å². The van der Waals surface area contributed by atoms with Gasteiger partial charge in [-0.1, -0.05) is 24.7 Å². The average Bonchev–Trinajstić information content (AvgIpc) is 3.45. The first-order chi connectivity index (χ1) is 13.7. The van der Waals surface area contributed by atoms with Gasteiger partial charge in [-0.2, -0.15) is 0 Å². The quantitative estimate of drug-likeness (QED) is 0.796. The third-order valence-electron chi connectivity index (χ3n) is 4.87. The van der Waals surface area contributed by atoms with E-state index >= 15 is 0 Å². The molecule has 9 heteroatoms. The second kappa shape index (κ2) is 8.14. The van der Waals surface area contributed by atoms with Crippen molar-refractivity contribution in [1.82, 2.24) is 15.1 Å². The van der Waals surface area contributed by atoms with Crippen LogP contribution in [0.5, 0.6) is 11.5 Å². The highest BCUT2D eigenvalue weighted by Crippen LogP contribution is 2.36. The average molecular weight is 402 g/mol. The Balaban J connectivity index is 1.43. The Bertz CT molecular complexity index is 885. The molecule has 8 nitrogen and oxygen atoms in total. The highest BCUT2D eigenvalue weighted by atomic mass is 32.1. The van der Waals surface area contributed by atoms with Crippen molar-refractivity contribution >= 4 is 28.8 Å². The molecule has 1 atom stereocenters. The number of carbonyl (C=O) groups is 2. The molecule has 28 heavy (non-hydrogen) atoms. The predicted octanol–water partition coefficient (Wildman–Crippen LogP) is 3.37. The Morgan fingerprint density at radius 3 is 3.00 bits per heavy atom. The van der Waals surface area contributed by atoms with E-state index in [4.69, 9.17) is 9.47 Å². The molecule has 1 saturated heterocycles. The van der Waals surface area contributed by atoms with Crippen molar-refractivity contribution < 1.29 is 19.1 Å². The van der Waals surface area contributed by atoms with Gasteiger partial charge in [-0.15, -0.1) is 10.2 Å². The van der Waals surface area contributed by atoms with Crippen LogP contribution in [0.4, 0.5) is 5.69 Å². The molecule has 0 bridgehead atoms. The maximum absolute atomic E-state index is 12.5. The second-order valence-corrected chi connectivity index (χ2v) is 7.83. The lowest BCUT2D eigenvalue weighted by atomic mass is 10.2. The van der Waals surface area contributed by atoms with E-state index in [2.05, 4.69) is 22.4 Å². The summed E-state index contributed by atoms with van der Waals surface area (Å²) in [5.41, 5.74) is 0.600. The van der Waals surface area contributed by atoms with Gasteiger partial charge < -0.3 is 19.7 Å². The van der Waals surface area contributed by atoms with Crippen LogP contribution in [0.3, 0.4) is 0 Å². The minimum atomic E-state index is -0.329. The van der Waals surface area contributed by atoms with Gasteiger partial charge in [0.2, 0.25) is 17.7 Å². The van der Waals surface area contributed by atoms with E-state index in [0.29, 0.717) is 23.6 Å². The summed E-state index contributed by atoms with van der Waals surface area (Å²) in [6.45, 7) is 3.00. The van der Waals surface area contributed by atoms with Crippen molar-refractivity contribution in [2.75, 3.05) is 18.7 Å². The summed E-state index contributed by atoms with van der Waals surface area (Å²) in [7, 11) is 0. The standard InChI is InChI=1S/C19H22N4O4S/c1-2-3-6-16(24)23-9-4-5-13(23)18-21-22-19(28-18)17(25)20-12-7-8-14-15(10-12)27-11-26-14/h7-8,10,13H,2-6,9,11H2,1H3,(H,20,25). The van der Waals surface area contributed by atoms with Crippen LogP contribution >= 0.6 is 11.3 Å². The summed E-state index contributed by atoms with van der Waals surface area (Å²) >= 11 is 1.24. The number of anilines is 1. The van der Waals surface area contributed by atoms with Crippen LogP contribution in [0.15, 0.2) is 18.2 Å². The number of hydrogen-bond donors (Lipinski definition) is 1. The highest BCUT2D eigenvalue weighted by Gasteiger charge is 2.32. The molecule has 2 aliphatic heterocycles. The monoisotopic (exact) mass is 402 g/mol. The molecule has 0 spiro atoms. The lowest BCUT2D eigenvalue weighted by Crippen LogP contribution is -2.30. The van der Waals surface area contributed by atoms with Crippen molar-refractivity contribution in [2.24, 2.45) is 0 Å². The molecule has 2 aromatic rings. The number of rotatable bonds is 6. The number of hydrogen-bond acceptors (Lipinski definition) is 7. The minimum Gasteiger partial charge on any atom is -0.454 e. The van der Waals surface area contributed by atoms with Crippen molar-refractivity contribution in [1.29, 1.82) is 0 Å². The smallest absolute Gasteiger partial charge is 0.286 e. The second-order valence-electron chi connectivity index (χ2n) is 6.82. The number of nitrogens with one attached hydrogen (secondary N) is 1. The third-order valence-corrected chi connectivity index (χ3v) is 5.89. The predicted molar refractivity (Wildman–Crippen MR) is 104 cm³/mol. The fourth-order valence-electron chi connectivity index (χ4n) is 3.41. The SMILES string of the molecule is CCCCC(=O)N1CCCC1c1nnc(C(=O)Nc2ccc3c(c2)OCO3)s1. The Morgan fingerprint density at radius 1 is 1.29 bits per heavy atom. The molecule has 3 heterocycles. The number of ether oxygens (including phenoxy) is 2. The van der Waals surface area contributed by atoms with Crippen LogP contribution < -0.4 is 14.8 Å². The summed E-state index contributed by atoms with van der Waals surface area (Å²) in [6, 6.07) is 5.14. The van der Waals surface area contributed by atoms with Gasteiger partial charge in [-0.25, -0.2) is 0 Å². The molecule has 4 rings (SSSR count). The van der Waals surface area contributed by atoms with Crippen molar-refractivity contribution in [3.05, 3.63) is 28.2 Å². The first kappa shape index (κ1) is 18.7. The maximum Gasteiger partial charge on any atom is 0.286 e. The fraction of sp³-hybridized carbons (Fsp3) is 0.474. The van der Waals surface area contributed by atoms with Crippen LogP contribution in [-0.2, 0) is 4.79 Å². The van der Waals surface area contributed by atoms with E-state index in [9.17, 15) is 9.59 Å². The van der Waals surface area contributed by atoms with Gasteiger partial charge in [0, 0.05) is 24.7 Å². The van der Waals surface area contributed by atoms with E-state index in [1.165, 1.54) is 11.3 Å². The third kappa shape index (κ3) is 3.80. The normalized spacial score (nSPS) is 17.8. The zero-order valence-corrected chi connectivity index (χ0v) is 16.5. The van der Waals surface area contributed by atoms with Crippen LogP contribution in [-0.4, -0.2) is 40.2 Å². The molecule has 1 fully saturated rings. The first-order valence-corrected chi connectivity index (χ1v) is 10.3. The molecule has 1 unspecified atom stereocenters. The number of fused-ring (bicyclic) bond motifs is 1. The van der Waals surface area contributed by atoms with Gasteiger partial charge in [0.05, 0.1) is 6.04 Å². The van der Waals surface area contributed by atoms with Gasteiger partial charge in [0.1, 0.15) is 5.01 Å². The Hall–Kier alpha value is -2.68. The Labute approximate surface area is 166 Å². The molecule has 2 amide bonds. The van der Waals surface area contributed by atoms with E-state index < -0.39 is 0 Å². The molecule has 2 aliphatic rings. The van der Waals surface area contributed by atoms with Gasteiger partial charge in [0.15, 0.2) is 11.5 Å². The van der Waals surface area contributed by atoms with Gasteiger partial charge in [-0.05, 0) is 31.4 Å². The first-order valence-electron chi connectivity index (χ1n) is 9.49. The van der Waals surface area contributed by atoms with Crippen LogP contribution in [0.1, 0.15) is 59.9 Å². The summed E-state index contributed by atoms with van der Waals surface area (Å²) < 4.78 is 10.6. The van der Waals surface area contributed by atoms with Crippen LogP contribution in [0.2, 0.25) is 0 Å². The number of likely N-dealkylation sites (tertiary alicyclic amines) is 1. The van der Waals surface area contributed by atoms with Crippen LogP contribution in [0, 0.1) is 0 Å². The summed E-state index contributed by atoms with van der Waals surface area (Å²) in [6.07, 6.45) is 4.25. The summed E-state index contributed by atoms with van der Waals surface area (Å²) in [5, 5.41) is 12.1. The highest BCUT2D eigenvalue weighted by molar-refractivity contribution is 7.13. The zero-order chi connectivity index (χ0) is 19.5. The molecular formula is C19H22N4O4S. The summed E-state index contributed by atoms with van der Waals surface area (Å²) in [4.78, 5) is 26.9. The Kier molecular flexibility index (Phi) is 5.43. The molecule has 1 aromatic carbocycles. The molecule has 0 radical (unpaired) electrons. The van der Waals surface area contributed by atoms with E-state index in [-0.39, 0.29) is 29.7 Å². The van der Waals surface area contributed by atoms with Gasteiger partial charge in [-0.3, -0.25) is 9.59 Å². The lowest BCUT2D eigenvalue weighted by molar-refractivity contribution is -0.132.